The lowest BCUT2D eigenvalue weighted by atomic mass is 10.2. The molecular formula is C11H18BrN5O2S. The summed E-state index contributed by atoms with van der Waals surface area (Å²) in [6, 6.07) is 0.354. The molecular weight excluding hydrogens is 346 g/mol. The van der Waals surface area contributed by atoms with Crippen molar-refractivity contribution < 1.29 is 8.42 Å². The van der Waals surface area contributed by atoms with E-state index < -0.39 is 10.0 Å². The highest BCUT2D eigenvalue weighted by atomic mass is 79.9. The normalized spacial score (nSPS) is 25.6. The number of halogens is 1. The molecule has 1 unspecified atom stereocenters. The summed E-state index contributed by atoms with van der Waals surface area (Å²) in [6.45, 7) is 3.21. The van der Waals surface area contributed by atoms with Gasteiger partial charge < -0.3 is 0 Å². The summed E-state index contributed by atoms with van der Waals surface area (Å²) in [5, 5.41) is 7.69. The molecule has 2 saturated heterocycles. The van der Waals surface area contributed by atoms with Gasteiger partial charge in [-0.1, -0.05) is 5.21 Å². The van der Waals surface area contributed by atoms with Gasteiger partial charge in [0.25, 0.3) is 10.0 Å². The molecule has 2 aliphatic rings. The second-order valence-electron chi connectivity index (χ2n) is 5.36. The fourth-order valence-electron chi connectivity index (χ4n) is 3.11. The lowest BCUT2D eigenvalue weighted by Crippen LogP contribution is -2.40. The first-order valence-electron chi connectivity index (χ1n) is 6.79. The molecule has 0 N–H and O–H groups in total. The van der Waals surface area contributed by atoms with E-state index in [0.717, 1.165) is 32.4 Å². The van der Waals surface area contributed by atoms with E-state index in [1.807, 2.05) is 0 Å². The van der Waals surface area contributed by atoms with E-state index in [9.17, 15) is 8.42 Å². The third-order valence-corrected chi connectivity index (χ3v) is 6.84. The molecule has 0 aromatic carbocycles. The number of aromatic nitrogens is 3. The smallest absolute Gasteiger partial charge is 0.263 e. The van der Waals surface area contributed by atoms with Gasteiger partial charge in [-0.25, -0.2) is 13.1 Å². The van der Waals surface area contributed by atoms with Crippen molar-refractivity contribution in [3.8, 4) is 0 Å². The zero-order valence-electron chi connectivity index (χ0n) is 11.4. The molecule has 2 fully saturated rings. The summed E-state index contributed by atoms with van der Waals surface area (Å²) in [6.07, 6.45) is 3.12. The minimum absolute atomic E-state index is 0.143. The zero-order chi connectivity index (χ0) is 14.3. The summed E-state index contributed by atoms with van der Waals surface area (Å²) in [7, 11) is -1.94. The SMILES string of the molecule is Cn1nnc(Br)c1S(=O)(=O)N1CCCN2CCCC2C1. The van der Waals surface area contributed by atoms with Gasteiger partial charge in [-0.3, -0.25) is 4.90 Å². The molecule has 3 rings (SSSR count). The third-order valence-electron chi connectivity index (χ3n) is 4.09. The van der Waals surface area contributed by atoms with Gasteiger partial charge in [0.15, 0.2) is 4.60 Å². The van der Waals surface area contributed by atoms with Crippen molar-refractivity contribution in [1.29, 1.82) is 0 Å². The molecule has 0 spiro atoms. The lowest BCUT2D eigenvalue weighted by molar-refractivity contribution is 0.257. The molecule has 2 aliphatic heterocycles. The van der Waals surface area contributed by atoms with E-state index in [1.54, 1.807) is 11.4 Å². The van der Waals surface area contributed by atoms with Crippen LogP contribution in [0.2, 0.25) is 0 Å². The van der Waals surface area contributed by atoms with Gasteiger partial charge in [-0.05, 0) is 48.3 Å². The van der Waals surface area contributed by atoms with E-state index in [0.29, 0.717) is 19.1 Å². The largest absolute Gasteiger partial charge is 0.299 e. The van der Waals surface area contributed by atoms with Crippen LogP contribution in [-0.4, -0.2) is 64.8 Å². The van der Waals surface area contributed by atoms with E-state index in [1.165, 1.54) is 4.68 Å². The Kier molecular flexibility index (Phi) is 3.87. The Bertz CT molecular complexity index is 582. The quantitative estimate of drug-likeness (QED) is 0.762. The highest BCUT2D eigenvalue weighted by Gasteiger charge is 2.36. The maximum atomic E-state index is 12.8. The number of nitrogens with zero attached hydrogens (tertiary/aromatic N) is 5. The second-order valence-corrected chi connectivity index (χ2v) is 7.96. The molecule has 0 radical (unpaired) electrons. The number of sulfonamides is 1. The minimum Gasteiger partial charge on any atom is -0.299 e. The van der Waals surface area contributed by atoms with Crippen molar-refractivity contribution in [2.24, 2.45) is 7.05 Å². The van der Waals surface area contributed by atoms with Gasteiger partial charge >= 0.3 is 0 Å². The van der Waals surface area contributed by atoms with Gasteiger partial charge in [0.1, 0.15) is 0 Å². The second kappa shape index (κ2) is 5.36. The van der Waals surface area contributed by atoms with Crippen molar-refractivity contribution in [3.63, 3.8) is 0 Å². The third kappa shape index (κ3) is 2.40. The van der Waals surface area contributed by atoms with Crippen LogP contribution in [0.3, 0.4) is 0 Å². The highest BCUT2D eigenvalue weighted by Crippen LogP contribution is 2.27. The molecule has 7 nitrogen and oxygen atoms in total. The molecule has 0 aliphatic carbocycles. The average molecular weight is 364 g/mol. The molecule has 0 amide bonds. The van der Waals surface area contributed by atoms with E-state index in [2.05, 4.69) is 31.1 Å². The number of aryl methyl sites for hydroxylation is 1. The van der Waals surface area contributed by atoms with Gasteiger partial charge in [0.2, 0.25) is 5.03 Å². The molecule has 3 heterocycles. The maximum absolute atomic E-state index is 12.8. The topological polar surface area (TPSA) is 71.3 Å². The zero-order valence-corrected chi connectivity index (χ0v) is 13.8. The summed E-state index contributed by atoms with van der Waals surface area (Å²) < 4.78 is 28.8. The van der Waals surface area contributed by atoms with Crippen LogP contribution < -0.4 is 0 Å². The van der Waals surface area contributed by atoms with E-state index >= 15 is 0 Å². The van der Waals surface area contributed by atoms with Crippen molar-refractivity contribution in [1.82, 2.24) is 24.2 Å². The molecule has 0 saturated carbocycles. The fourth-order valence-corrected chi connectivity index (χ4v) is 5.66. The van der Waals surface area contributed by atoms with Gasteiger partial charge in [0.05, 0.1) is 0 Å². The van der Waals surface area contributed by atoms with Crippen molar-refractivity contribution >= 4 is 26.0 Å². The summed E-state index contributed by atoms with van der Waals surface area (Å²) in [5.74, 6) is 0. The molecule has 1 aromatic heterocycles. The van der Waals surface area contributed by atoms with Gasteiger partial charge in [-0.2, -0.15) is 4.31 Å². The lowest BCUT2D eigenvalue weighted by Gasteiger charge is -2.25. The van der Waals surface area contributed by atoms with Crippen LogP contribution in [-0.2, 0) is 17.1 Å². The Hall–Kier alpha value is -0.510. The average Bonchev–Trinajstić information content (AvgIpc) is 2.90. The number of hydrogen-bond donors (Lipinski definition) is 0. The Morgan fingerprint density at radius 1 is 1.25 bits per heavy atom. The molecule has 1 aromatic rings. The monoisotopic (exact) mass is 363 g/mol. The van der Waals surface area contributed by atoms with E-state index in [-0.39, 0.29) is 9.63 Å². The predicted molar refractivity (Wildman–Crippen MR) is 76.7 cm³/mol. The first-order chi connectivity index (χ1) is 9.50. The van der Waals surface area contributed by atoms with Gasteiger partial charge in [-0.15, -0.1) is 5.10 Å². The molecule has 0 bridgehead atoms. The Morgan fingerprint density at radius 2 is 2.00 bits per heavy atom. The summed E-state index contributed by atoms with van der Waals surface area (Å²) >= 11 is 3.18. The van der Waals surface area contributed by atoms with Crippen LogP contribution in [0.4, 0.5) is 0 Å². The van der Waals surface area contributed by atoms with Gasteiger partial charge in [0, 0.05) is 26.2 Å². The Labute approximate surface area is 127 Å². The van der Waals surface area contributed by atoms with Crippen molar-refractivity contribution in [2.45, 2.75) is 30.3 Å². The molecule has 112 valence electrons. The van der Waals surface area contributed by atoms with Crippen LogP contribution in [0, 0.1) is 0 Å². The van der Waals surface area contributed by atoms with Crippen LogP contribution >= 0.6 is 15.9 Å². The summed E-state index contributed by atoms with van der Waals surface area (Å²) in [5.41, 5.74) is 0. The Balaban J connectivity index is 1.91. The number of fused-ring (bicyclic) bond motifs is 1. The highest BCUT2D eigenvalue weighted by molar-refractivity contribution is 9.10. The van der Waals surface area contributed by atoms with E-state index in [4.69, 9.17) is 0 Å². The van der Waals surface area contributed by atoms with Crippen LogP contribution in [0.5, 0.6) is 0 Å². The number of hydrogen-bond acceptors (Lipinski definition) is 5. The predicted octanol–water partition coefficient (Wildman–Crippen LogP) is 0.436. The Morgan fingerprint density at radius 3 is 2.70 bits per heavy atom. The van der Waals surface area contributed by atoms with Crippen LogP contribution in [0.25, 0.3) is 0 Å². The standard InChI is InChI=1S/C11H18BrN5O2S/c1-15-11(10(12)13-14-15)20(18,19)17-7-3-6-16-5-2-4-9(16)8-17/h9H,2-8H2,1H3. The first-order valence-corrected chi connectivity index (χ1v) is 9.03. The number of rotatable bonds is 2. The maximum Gasteiger partial charge on any atom is 0.263 e. The minimum atomic E-state index is -3.54. The molecule has 1 atom stereocenters. The van der Waals surface area contributed by atoms with Crippen molar-refractivity contribution in [3.05, 3.63) is 4.60 Å². The van der Waals surface area contributed by atoms with Crippen LogP contribution in [0.1, 0.15) is 19.3 Å². The molecule has 20 heavy (non-hydrogen) atoms. The molecule has 9 heteroatoms. The summed E-state index contributed by atoms with van der Waals surface area (Å²) in [4.78, 5) is 2.41. The fraction of sp³-hybridized carbons (Fsp3) is 0.818. The first kappa shape index (κ1) is 14.4. The van der Waals surface area contributed by atoms with Crippen molar-refractivity contribution in [2.75, 3.05) is 26.2 Å². The van der Waals surface area contributed by atoms with Crippen LogP contribution in [0.15, 0.2) is 9.63 Å².